The maximum atomic E-state index is 11.7. The van der Waals surface area contributed by atoms with Gasteiger partial charge < -0.3 is 0 Å². The Balaban J connectivity index is 1.43. The van der Waals surface area contributed by atoms with Crippen molar-refractivity contribution in [2.24, 2.45) is 52.3 Å². The van der Waals surface area contributed by atoms with Gasteiger partial charge >= 0.3 is 0 Å². The normalized spacial score (nSPS) is 45.2. The lowest BCUT2D eigenvalue weighted by Crippen LogP contribution is -2.54. The second kappa shape index (κ2) is 9.17. The van der Waals surface area contributed by atoms with Crippen molar-refractivity contribution in [3.05, 3.63) is 0 Å². The molecule has 0 N–H and O–H groups in total. The fourth-order valence-electron chi connectivity index (χ4n) is 9.58. The molecule has 4 aliphatic carbocycles. The summed E-state index contributed by atoms with van der Waals surface area (Å²) in [5.41, 5.74) is 0.945. The molecule has 0 aromatic rings. The first-order valence-corrected chi connectivity index (χ1v) is 15.6. The summed E-state index contributed by atoms with van der Waals surface area (Å²) in [5.74, 6) is 5.92. The maximum absolute atomic E-state index is 11.7. The Morgan fingerprint density at radius 3 is 2.25 bits per heavy atom. The van der Waals surface area contributed by atoms with Gasteiger partial charge in [-0.1, -0.05) is 53.9 Å². The van der Waals surface area contributed by atoms with Crippen LogP contribution in [0.1, 0.15) is 112 Å². The zero-order chi connectivity index (χ0) is 23.3. The average molecular weight is 467 g/mol. The monoisotopic (exact) mass is 466 g/mol. The fraction of sp³-hybridized carbons (Fsp3) is 1.00. The van der Waals surface area contributed by atoms with E-state index in [0.717, 1.165) is 54.8 Å². The van der Waals surface area contributed by atoms with Crippen molar-refractivity contribution in [2.45, 2.75) is 118 Å². The third-order valence-corrected chi connectivity index (χ3v) is 11.8. The van der Waals surface area contributed by atoms with Gasteiger partial charge in [0, 0.05) is 0 Å². The molecule has 0 spiro atoms. The van der Waals surface area contributed by atoms with Gasteiger partial charge in [0.15, 0.2) is 0 Å². The van der Waals surface area contributed by atoms with E-state index < -0.39 is 10.1 Å². The van der Waals surface area contributed by atoms with Crippen LogP contribution in [0.3, 0.4) is 0 Å². The quantitative estimate of drug-likeness (QED) is 0.366. The minimum atomic E-state index is -3.35. The second-order valence-corrected chi connectivity index (χ2v) is 15.0. The molecular weight excluding hydrogens is 416 g/mol. The number of rotatable bonds is 7. The fourth-order valence-corrected chi connectivity index (χ4v) is 10.2. The van der Waals surface area contributed by atoms with Crippen molar-refractivity contribution in [1.29, 1.82) is 0 Å². The van der Waals surface area contributed by atoms with E-state index in [9.17, 15) is 8.42 Å². The molecule has 0 saturated heterocycles. The SMILES string of the molecule is CC(C)CCC[C@@H](C)C1CC[C@H]2[C@@H]3CC[C@H]4C[C@@H](OS(C)(=O)=O)CCC4(C)C3CCC12C. The van der Waals surface area contributed by atoms with Crippen molar-refractivity contribution in [3.63, 3.8) is 0 Å². The summed E-state index contributed by atoms with van der Waals surface area (Å²) < 4.78 is 28.8. The van der Waals surface area contributed by atoms with Gasteiger partial charge in [0.2, 0.25) is 0 Å². The predicted octanol–water partition coefficient (Wildman–Crippen LogP) is 7.45. The minimum absolute atomic E-state index is 0.0870. The standard InChI is InChI=1S/C28H50O3S/c1-19(2)8-7-9-20(3)24-12-13-25-23-11-10-21-18-22(31-32(6,29)30)14-16-27(21,4)26(23)15-17-28(24,25)5/h19-26H,7-18H2,1-6H3/t20-,21+,22+,23+,24?,25+,26?,27?,28?/m1/s1. The van der Waals surface area contributed by atoms with Crippen LogP contribution < -0.4 is 0 Å². The summed E-state index contributed by atoms with van der Waals surface area (Å²) in [6.07, 6.45) is 16.7. The van der Waals surface area contributed by atoms with E-state index in [1.165, 1.54) is 64.0 Å². The lowest BCUT2D eigenvalue weighted by Gasteiger charge is -2.61. The molecule has 4 aliphatic rings. The second-order valence-electron chi connectivity index (χ2n) is 13.4. The topological polar surface area (TPSA) is 43.4 Å². The van der Waals surface area contributed by atoms with Gasteiger partial charge in [0.1, 0.15) is 0 Å². The smallest absolute Gasteiger partial charge is 0.264 e. The molecule has 186 valence electrons. The van der Waals surface area contributed by atoms with Crippen LogP contribution in [0.25, 0.3) is 0 Å². The van der Waals surface area contributed by atoms with E-state index in [1.807, 2.05) is 0 Å². The van der Waals surface area contributed by atoms with Gasteiger partial charge in [-0.2, -0.15) is 8.42 Å². The van der Waals surface area contributed by atoms with Crippen LogP contribution in [0.5, 0.6) is 0 Å². The first kappa shape index (κ1) is 25.0. The summed E-state index contributed by atoms with van der Waals surface area (Å²) in [6.45, 7) is 12.5. The lowest BCUT2D eigenvalue weighted by atomic mass is 9.44. The first-order valence-electron chi connectivity index (χ1n) is 13.8. The molecule has 0 aliphatic heterocycles. The predicted molar refractivity (Wildman–Crippen MR) is 133 cm³/mol. The van der Waals surface area contributed by atoms with Crippen LogP contribution in [0.4, 0.5) is 0 Å². The molecule has 0 amide bonds. The zero-order valence-corrected chi connectivity index (χ0v) is 22.6. The number of hydrogen-bond donors (Lipinski definition) is 0. The Kier molecular flexibility index (Phi) is 7.17. The molecule has 9 atom stereocenters. The largest absolute Gasteiger partial charge is 0.267 e. The molecule has 3 nitrogen and oxygen atoms in total. The number of fused-ring (bicyclic) bond motifs is 5. The lowest BCUT2D eigenvalue weighted by molar-refractivity contribution is -0.126. The van der Waals surface area contributed by atoms with Gasteiger partial charge in [-0.05, 0) is 110 Å². The van der Waals surface area contributed by atoms with Crippen molar-refractivity contribution >= 4 is 10.1 Å². The van der Waals surface area contributed by atoms with Crippen molar-refractivity contribution < 1.29 is 12.6 Å². The van der Waals surface area contributed by atoms with Crippen LogP contribution in [-0.2, 0) is 14.3 Å². The van der Waals surface area contributed by atoms with Gasteiger partial charge in [-0.25, -0.2) is 0 Å². The molecule has 4 rings (SSSR count). The van der Waals surface area contributed by atoms with Gasteiger partial charge in [0.05, 0.1) is 12.4 Å². The molecule has 0 aromatic heterocycles. The van der Waals surface area contributed by atoms with E-state index in [4.69, 9.17) is 4.18 Å². The molecule has 32 heavy (non-hydrogen) atoms. The summed E-state index contributed by atoms with van der Waals surface area (Å²) in [4.78, 5) is 0. The molecular formula is C28H50O3S. The van der Waals surface area contributed by atoms with Crippen LogP contribution in [-0.4, -0.2) is 20.8 Å². The Labute approximate surface area is 199 Å². The molecule has 0 aromatic carbocycles. The van der Waals surface area contributed by atoms with E-state index in [1.54, 1.807) is 0 Å². The molecule has 4 saturated carbocycles. The highest BCUT2D eigenvalue weighted by molar-refractivity contribution is 7.86. The number of hydrogen-bond acceptors (Lipinski definition) is 3. The van der Waals surface area contributed by atoms with Crippen LogP contribution in [0.2, 0.25) is 0 Å². The summed E-state index contributed by atoms with van der Waals surface area (Å²) >= 11 is 0. The Bertz CT molecular complexity index is 761. The molecule has 0 heterocycles. The van der Waals surface area contributed by atoms with Crippen molar-refractivity contribution in [1.82, 2.24) is 0 Å². The third-order valence-electron chi connectivity index (χ3n) is 11.1. The van der Waals surface area contributed by atoms with E-state index in [2.05, 4.69) is 34.6 Å². The van der Waals surface area contributed by atoms with Crippen LogP contribution >= 0.6 is 0 Å². The summed E-state index contributed by atoms with van der Waals surface area (Å²) in [6, 6.07) is 0. The molecule has 4 unspecified atom stereocenters. The van der Waals surface area contributed by atoms with Gasteiger partial charge in [-0.3, -0.25) is 4.18 Å². The molecule has 4 heteroatoms. The van der Waals surface area contributed by atoms with Gasteiger partial charge in [-0.15, -0.1) is 0 Å². The Hall–Kier alpha value is -0.0900. The van der Waals surface area contributed by atoms with Crippen LogP contribution in [0, 0.1) is 52.3 Å². The minimum Gasteiger partial charge on any atom is -0.267 e. The van der Waals surface area contributed by atoms with Gasteiger partial charge in [0.25, 0.3) is 10.1 Å². The zero-order valence-electron chi connectivity index (χ0n) is 21.7. The van der Waals surface area contributed by atoms with E-state index >= 15 is 0 Å². The first-order chi connectivity index (χ1) is 14.9. The molecule has 4 fully saturated rings. The highest BCUT2D eigenvalue weighted by Crippen LogP contribution is 2.68. The highest BCUT2D eigenvalue weighted by atomic mass is 32.2. The van der Waals surface area contributed by atoms with Crippen molar-refractivity contribution in [2.75, 3.05) is 6.26 Å². The summed E-state index contributed by atoms with van der Waals surface area (Å²) in [5, 5.41) is 0. The maximum Gasteiger partial charge on any atom is 0.264 e. The van der Waals surface area contributed by atoms with Crippen molar-refractivity contribution in [3.8, 4) is 0 Å². The highest BCUT2D eigenvalue weighted by Gasteiger charge is 2.60. The third kappa shape index (κ3) is 4.70. The Morgan fingerprint density at radius 2 is 1.56 bits per heavy atom. The Morgan fingerprint density at radius 1 is 0.875 bits per heavy atom. The average Bonchev–Trinajstić information content (AvgIpc) is 3.04. The van der Waals surface area contributed by atoms with E-state index in [-0.39, 0.29) is 6.10 Å². The van der Waals surface area contributed by atoms with E-state index in [0.29, 0.717) is 16.7 Å². The molecule has 0 bridgehead atoms. The van der Waals surface area contributed by atoms with Crippen LogP contribution in [0.15, 0.2) is 0 Å². The summed E-state index contributed by atoms with van der Waals surface area (Å²) in [7, 11) is -3.35. The molecule has 0 radical (unpaired) electrons.